The monoisotopic (exact) mass is 248 g/mol. The summed E-state index contributed by atoms with van der Waals surface area (Å²) in [6.45, 7) is 5.13. The molecule has 2 rings (SSSR count). The summed E-state index contributed by atoms with van der Waals surface area (Å²) in [5, 5.41) is 6.66. The van der Waals surface area contributed by atoms with Crippen molar-refractivity contribution in [3.63, 3.8) is 0 Å². The molecule has 0 amide bonds. The van der Waals surface area contributed by atoms with E-state index in [1.807, 2.05) is 19.3 Å². The van der Waals surface area contributed by atoms with Crippen LogP contribution in [-0.4, -0.2) is 21.5 Å². The number of thiazole rings is 1. The van der Waals surface area contributed by atoms with E-state index in [0.717, 1.165) is 29.2 Å². The van der Waals surface area contributed by atoms with Crippen molar-refractivity contribution in [2.75, 3.05) is 6.54 Å². The van der Waals surface area contributed by atoms with Gasteiger partial charge in [0.1, 0.15) is 6.33 Å². The highest BCUT2D eigenvalue weighted by atomic mass is 32.1. The zero-order valence-corrected chi connectivity index (χ0v) is 10.9. The number of hydrogen-bond acceptors (Lipinski definition) is 5. The Hall–Kier alpha value is -1.33. The average molecular weight is 248 g/mol. The van der Waals surface area contributed by atoms with Gasteiger partial charge in [-0.25, -0.2) is 15.0 Å². The summed E-state index contributed by atoms with van der Waals surface area (Å²) in [4.78, 5) is 12.7. The number of nitrogens with zero attached hydrogens (tertiary/aromatic N) is 3. The Bertz CT molecular complexity index is 455. The van der Waals surface area contributed by atoms with Gasteiger partial charge in [0.2, 0.25) is 0 Å². The van der Waals surface area contributed by atoms with Gasteiger partial charge in [-0.1, -0.05) is 6.92 Å². The van der Waals surface area contributed by atoms with Crippen molar-refractivity contribution in [1.82, 2.24) is 20.3 Å². The molecule has 0 aliphatic rings. The van der Waals surface area contributed by atoms with Gasteiger partial charge >= 0.3 is 0 Å². The average Bonchev–Trinajstić information content (AvgIpc) is 2.78. The predicted molar refractivity (Wildman–Crippen MR) is 69.0 cm³/mol. The molecule has 5 heteroatoms. The number of aryl methyl sites for hydroxylation is 1. The first-order valence-electron chi connectivity index (χ1n) is 5.71. The van der Waals surface area contributed by atoms with E-state index in [0.29, 0.717) is 0 Å². The molecule has 1 N–H and O–H groups in total. The van der Waals surface area contributed by atoms with Crippen LogP contribution in [0.25, 0.3) is 0 Å². The first-order valence-corrected chi connectivity index (χ1v) is 6.59. The lowest BCUT2D eigenvalue weighted by molar-refractivity contribution is 0.585. The number of aromatic nitrogens is 3. The van der Waals surface area contributed by atoms with Crippen LogP contribution in [0.4, 0.5) is 0 Å². The molecule has 4 nitrogen and oxygen atoms in total. The van der Waals surface area contributed by atoms with E-state index < -0.39 is 0 Å². The van der Waals surface area contributed by atoms with E-state index in [2.05, 4.69) is 32.6 Å². The minimum atomic E-state index is 0.0982. The van der Waals surface area contributed by atoms with Crippen molar-refractivity contribution in [3.8, 4) is 0 Å². The zero-order valence-electron chi connectivity index (χ0n) is 10.1. The standard InChI is InChI=1S/C12H16N4S/c1-3-4-15-12(10-5-13-8-14-6-10)11-7-17-9(2)16-11/h5-8,12,15H,3-4H2,1-2H3. The van der Waals surface area contributed by atoms with E-state index in [1.165, 1.54) is 0 Å². The Morgan fingerprint density at radius 1 is 1.35 bits per heavy atom. The van der Waals surface area contributed by atoms with Crippen molar-refractivity contribution < 1.29 is 0 Å². The first kappa shape index (κ1) is 12.1. The second-order valence-electron chi connectivity index (χ2n) is 3.85. The van der Waals surface area contributed by atoms with Gasteiger partial charge in [-0.15, -0.1) is 11.3 Å². The van der Waals surface area contributed by atoms with Crippen LogP contribution in [0.2, 0.25) is 0 Å². The van der Waals surface area contributed by atoms with Gasteiger partial charge in [0.05, 0.1) is 16.7 Å². The van der Waals surface area contributed by atoms with Crippen molar-refractivity contribution in [3.05, 3.63) is 40.4 Å². The Morgan fingerprint density at radius 2 is 2.12 bits per heavy atom. The number of hydrogen-bond donors (Lipinski definition) is 1. The van der Waals surface area contributed by atoms with Gasteiger partial charge in [-0.3, -0.25) is 0 Å². The van der Waals surface area contributed by atoms with Crippen molar-refractivity contribution >= 4 is 11.3 Å². The fourth-order valence-electron chi connectivity index (χ4n) is 1.65. The van der Waals surface area contributed by atoms with Crippen molar-refractivity contribution in [2.45, 2.75) is 26.3 Å². The van der Waals surface area contributed by atoms with Gasteiger partial charge in [0, 0.05) is 23.3 Å². The third kappa shape index (κ3) is 3.08. The summed E-state index contributed by atoms with van der Waals surface area (Å²) in [5.74, 6) is 0. The minimum Gasteiger partial charge on any atom is -0.305 e. The minimum absolute atomic E-state index is 0.0982. The molecule has 2 heterocycles. The molecule has 0 bridgehead atoms. The van der Waals surface area contributed by atoms with Gasteiger partial charge in [-0.2, -0.15) is 0 Å². The Morgan fingerprint density at radius 3 is 2.71 bits per heavy atom. The lowest BCUT2D eigenvalue weighted by Crippen LogP contribution is -2.23. The molecule has 1 atom stereocenters. The molecule has 90 valence electrons. The normalized spacial score (nSPS) is 12.6. The molecular formula is C12H16N4S. The molecule has 0 aliphatic carbocycles. The maximum atomic E-state index is 4.54. The highest BCUT2D eigenvalue weighted by Gasteiger charge is 2.16. The van der Waals surface area contributed by atoms with Crippen LogP contribution in [0.1, 0.15) is 35.7 Å². The topological polar surface area (TPSA) is 50.7 Å². The Balaban J connectivity index is 2.25. The van der Waals surface area contributed by atoms with Crippen LogP contribution < -0.4 is 5.32 Å². The van der Waals surface area contributed by atoms with E-state index in [-0.39, 0.29) is 6.04 Å². The van der Waals surface area contributed by atoms with Crippen molar-refractivity contribution in [2.24, 2.45) is 0 Å². The molecule has 0 fully saturated rings. The maximum absolute atomic E-state index is 4.54. The van der Waals surface area contributed by atoms with Crippen LogP contribution >= 0.6 is 11.3 Å². The SMILES string of the molecule is CCCNC(c1cncnc1)c1csc(C)n1. The molecular weight excluding hydrogens is 232 g/mol. The lowest BCUT2D eigenvalue weighted by Gasteiger charge is -2.15. The zero-order chi connectivity index (χ0) is 12.1. The highest BCUT2D eigenvalue weighted by molar-refractivity contribution is 7.09. The first-order chi connectivity index (χ1) is 8.31. The summed E-state index contributed by atoms with van der Waals surface area (Å²) in [6.07, 6.45) is 6.32. The molecule has 0 aliphatic heterocycles. The molecule has 0 saturated carbocycles. The number of nitrogens with one attached hydrogen (secondary N) is 1. The van der Waals surface area contributed by atoms with Gasteiger partial charge < -0.3 is 5.32 Å². The third-order valence-corrected chi connectivity index (χ3v) is 3.24. The quantitative estimate of drug-likeness (QED) is 0.882. The van der Waals surface area contributed by atoms with Crippen LogP contribution in [0.3, 0.4) is 0 Å². The van der Waals surface area contributed by atoms with E-state index in [1.54, 1.807) is 17.7 Å². The Kier molecular flexibility index (Phi) is 4.17. The molecule has 0 aromatic carbocycles. The molecule has 2 aromatic heterocycles. The van der Waals surface area contributed by atoms with Crippen molar-refractivity contribution in [1.29, 1.82) is 0 Å². The molecule has 1 unspecified atom stereocenters. The van der Waals surface area contributed by atoms with E-state index in [4.69, 9.17) is 0 Å². The second kappa shape index (κ2) is 5.84. The molecule has 2 aromatic rings. The predicted octanol–water partition coefficient (Wildman–Crippen LogP) is 2.33. The summed E-state index contributed by atoms with van der Waals surface area (Å²) in [6, 6.07) is 0.0982. The molecule has 0 spiro atoms. The summed E-state index contributed by atoms with van der Waals surface area (Å²) >= 11 is 1.67. The summed E-state index contributed by atoms with van der Waals surface area (Å²) < 4.78 is 0. The molecule has 17 heavy (non-hydrogen) atoms. The van der Waals surface area contributed by atoms with Gasteiger partial charge in [0.15, 0.2) is 0 Å². The molecule has 0 radical (unpaired) electrons. The fourth-order valence-corrected chi connectivity index (χ4v) is 2.29. The van der Waals surface area contributed by atoms with E-state index >= 15 is 0 Å². The maximum Gasteiger partial charge on any atom is 0.115 e. The summed E-state index contributed by atoms with van der Waals surface area (Å²) in [7, 11) is 0. The lowest BCUT2D eigenvalue weighted by atomic mass is 10.1. The molecule has 0 saturated heterocycles. The van der Waals surface area contributed by atoms with E-state index in [9.17, 15) is 0 Å². The summed E-state index contributed by atoms with van der Waals surface area (Å²) in [5.41, 5.74) is 2.11. The van der Waals surface area contributed by atoms with Crippen LogP contribution in [0.5, 0.6) is 0 Å². The largest absolute Gasteiger partial charge is 0.305 e. The van der Waals surface area contributed by atoms with Gasteiger partial charge in [-0.05, 0) is 19.9 Å². The smallest absolute Gasteiger partial charge is 0.115 e. The van der Waals surface area contributed by atoms with Crippen LogP contribution in [-0.2, 0) is 0 Å². The second-order valence-corrected chi connectivity index (χ2v) is 4.91. The van der Waals surface area contributed by atoms with Gasteiger partial charge in [0.25, 0.3) is 0 Å². The van der Waals surface area contributed by atoms with Crippen LogP contribution in [0.15, 0.2) is 24.1 Å². The van der Waals surface area contributed by atoms with Crippen LogP contribution in [0, 0.1) is 6.92 Å². The Labute approximate surface area is 105 Å². The third-order valence-electron chi connectivity index (χ3n) is 2.44. The number of rotatable bonds is 5. The highest BCUT2D eigenvalue weighted by Crippen LogP contribution is 2.22. The fraction of sp³-hybridized carbons (Fsp3) is 0.417.